The summed E-state index contributed by atoms with van der Waals surface area (Å²) in [5, 5.41) is 7.67. The average molecular weight is 109 g/mol. The summed E-state index contributed by atoms with van der Waals surface area (Å²) in [4.78, 5) is 1.50. The van der Waals surface area contributed by atoms with E-state index in [1.54, 1.807) is 18.6 Å². The second-order valence-electron chi connectivity index (χ2n) is 1.30. The van der Waals surface area contributed by atoms with Gasteiger partial charge in [0.2, 0.25) is 0 Å². The standard InChI is InChI=1S/C5H7N3/c1-2-6-8-5-3-4-7-8/h2-5H,1H3/b6-2+. The Hall–Kier alpha value is -1.12. The maximum Gasteiger partial charge on any atom is 0.0511 e. The molecular formula is C5H7N3. The lowest BCUT2D eigenvalue weighted by Crippen LogP contribution is -1.85. The number of rotatable bonds is 1. The van der Waals surface area contributed by atoms with E-state index >= 15 is 0 Å². The Morgan fingerprint density at radius 1 is 1.75 bits per heavy atom. The summed E-state index contributed by atoms with van der Waals surface area (Å²) >= 11 is 0. The van der Waals surface area contributed by atoms with Gasteiger partial charge in [0.15, 0.2) is 0 Å². The smallest absolute Gasteiger partial charge is 0.0511 e. The normalized spacial score (nSPS) is 10.6. The molecule has 0 spiro atoms. The van der Waals surface area contributed by atoms with Crippen LogP contribution in [0, 0.1) is 0 Å². The van der Waals surface area contributed by atoms with Gasteiger partial charge in [0.05, 0.1) is 12.4 Å². The van der Waals surface area contributed by atoms with Gasteiger partial charge in [-0.25, -0.2) is 0 Å². The molecule has 0 saturated carbocycles. The summed E-state index contributed by atoms with van der Waals surface area (Å²) in [5.41, 5.74) is 0. The second kappa shape index (κ2) is 2.26. The van der Waals surface area contributed by atoms with Crippen LogP contribution in [0.4, 0.5) is 0 Å². The lowest BCUT2D eigenvalue weighted by Gasteiger charge is -1.82. The minimum absolute atomic E-state index is 1.50. The summed E-state index contributed by atoms with van der Waals surface area (Å²) in [7, 11) is 0. The molecule has 0 aliphatic heterocycles. The van der Waals surface area contributed by atoms with Gasteiger partial charge in [0.25, 0.3) is 0 Å². The lowest BCUT2D eigenvalue weighted by molar-refractivity contribution is 0.744. The Kier molecular flexibility index (Phi) is 1.42. The van der Waals surface area contributed by atoms with E-state index in [9.17, 15) is 0 Å². The van der Waals surface area contributed by atoms with Crippen LogP contribution in [0.2, 0.25) is 0 Å². The van der Waals surface area contributed by atoms with E-state index in [2.05, 4.69) is 10.2 Å². The van der Waals surface area contributed by atoms with Gasteiger partial charge in [-0.05, 0) is 13.0 Å². The Labute approximate surface area is 47.6 Å². The van der Waals surface area contributed by atoms with Gasteiger partial charge in [0, 0.05) is 6.21 Å². The van der Waals surface area contributed by atoms with Crippen LogP contribution in [0.15, 0.2) is 23.6 Å². The van der Waals surface area contributed by atoms with Crippen molar-refractivity contribution < 1.29 is 0 Å². The minimum Gasteiger partial charge on any atom is -0.164 e. The Morgan fingerprint density at radius 2 is 2.62 bits per heavy atom. The Balaban J connectivity index is 2.77. The molecule has 0 radical (unpaired) electrons. The fourth-order valence-corrected chi connectivity index (χ4v) is 0.447. The van der Waals surface area contributed by atoms with Crippen molar-refractivity contribution in [1.82, 2.24) is 9.89 Å². The zero-order valence-electron chi connectivity index (χ0n) is 4.65. The maximum absolute atomic E-state index is 3.85. The summed E-state index contributed by atoms with van der Waals surface area (Å²) in [6.45, 7) is 1.85. The third-order valence-electron chi connectivity index (χ3n) is 0.724. The molecule has 0 bridgehead atoms. The SMILES string of the molecule is C/C=N/n1cccn1. The first-order valence-electron chi connectivity index (χ1n) is 2.42. The van der Waals surface area contributed by atoms with Crippen molar-refractivity contribution in [3.05, 3.63) is 18.5 Å². The molecular weight excluding hydrogens is 102 g/mol. The van der Waals surface area contributed by atoms with Crippen LogP contribution in [-0.2, 0) is 0 Å². The van der Waals surface area contributed by atoms with Crippen LogP contribution in [0.5, 0.6) is 0 Å². The zero-order chi connectivity index (χ0) is 5.82. The van der Waals surface area contributed by atoms with Gasteiger partial charge in [-0.3, -0.25) is 0 Å². The molecule has 0 unspecified atom stereocenters. The van der Waals surface area contributed by atoms with Crippen LogP contribution >= 0.6 is 0 Å². The van der Waals surface area contributed by atoms with E-state index in [-0.39, 0.29) is 0 Å². The molecule has 8 heavy (non-hydrogen) atoms. The first-order chi connectivity index (χ1) is 3.93. The average Bonchev–Trinajstić information content (AvgIpc) is 2.19. The van der Waals surface area contributed by atoms with Crippen molar-refractivity contribution in [1.29, 1.82) is 0 Å². The molecule has 42 valence electrons. The fraction of sp³-hybridized carbons (Fsp3) is 0.200. The Morgan fingerprint density at radius 3 is 3.12 bits per heavy atom. The molecule has 0 aliphatic rings. The molecule has 1 heterocycles. The number of hydrogen-bond acceptors (Lipinski definition) is 2. The van der Waals surface area contributed by atoms with E-state index in [0.29, 0.717) is 0 Å². The summed E-state index contributed by atoms with van der Waals surface area (Å²) < 4.78 is 0. The molecule has 1 aromatic rings. The van der Waals surface area contributed by atoms with Crippen molar-refractivity contribution in [3.63, 3.8) is 0 Å². The van der Waals surface area contributed by atoms with Crippen LogP contribution < -0.4 is 0 Å². The third-order valence-corrected chi connectivity index (χ3v) is 0.724. The predicted molar refractivity (Wildman–Crippen MR) is 31.8 cm³/mol. The molecule has 1 aromatic heterocycles. The highest BCUT2D eigenvalue weighted by molar-refractivity contribution is 5.52. The molecule has 1 rings (SSSR count). The van der Waals surface area contributed by atoms with Gasteiger partial charge < -0.3 is 0 Å². The molecule has 3 heteroatoms. The third kappa shape index (κ3) is 0.932. The van der Waals surface area contributed by atoms with Crippen molar-refractivity contribution in [2.45, 2.75) is 6.92 Å². The van der Waals surface area contributed by atoms with E-state index in [4.69, 9.17) is 0 Å². The monoisotopic (exact) mass is 109 g/mol. The highest BCUT2D eigenvalue weighted by atomic mass is 15.5. The van der Waals surface area contributed by atoms with E-state index in [0.717, 1.165) is 0 Å². The van der Waals surface area contributed by atoms with Gasteiger partial charge in [-0.1, -0.05) is 0 Å². The van der Waals surface area contributed by atoms with Gasteiger partial charge in [0.1, 0.15) is 0 Å². The molecule has 3 nitrogen and oxygen atoms in total. The number of hydrogen-bond donors (Lipinski definition) is 0. The number of nitrogens with zero attached hydrogens (tertiary/aromatic N) is 3. The second-order valence-corrected chi connectivity index (χ2v) is 1.30. The predicted octanol–water partition coefficient (Wildman–Crippen LogP) is 0.737. The maximum atomic E-state index is 3.85. The van der Waals surface area contributed by atoms with Crippen LogP contribution in [0.1, 0.15) is 6.92 Å². The molecule has 0 fully saturated rings. The minimum atomic E-state index is 1.50. The first-order valence-corrected chi connectivity index (χ1v) is 2.42. The molecule has 0 N–H and O–H groups in total. The van der Waals surface area contributed by atoms with E-state index < -0.39 is 0 Å². The highest BCUT2D eigenvalue weighted by Crippen LogP contribution is 1.79. The van der Waals surface area contributed by atoms with Crippen molar-refractivity contribution in [2.24, 2.45) is 5.10 Å². The van der Waals surface area contributed by atoms with Crippen LogP contribution in [-0.4, -0.2) is 16.1 Å². The quantitative estimate of drug-likeness (QED) is 0.489. The summed E-state index contributed by atoms with van der Waals surface area (Å²) in [6.07, 6.45) is 5.15. The first kappa shape index (κ1) is 5.03. The van der Waals surface area contributed by atoms with Gasteiger partial charge in [-0.15, -0.1) is 0 Å². The molecule has 0 amide bonds. The summed E-state index contributed by atoms with van der Waals surface area (Å²) in [5.74, 6) is 0. The van der Waals surface area contributed by atoms with Crippen molar-refractivity contribution >= 4 is 6.21 Å². The van der Waals surface area contributed by atoms with Crippen LogP contribution in [0.25, 0.3) is 0 Å². The Bertz CT molecular complexity index is 164. The zero-order valence-corrected chi connectivity index (χ0v) is 4.65. The van der Waals surface area contributed by atoms with Crippen LogP contribution in [0.3, 0.4) is 0 Å². The van der Waals surface area contributed by atoms with E-state index in [1.807, 2.05) is 13.0 Å². The van der Waals surface area contributed by atoms with E-state index in [1.165, 1.54) is 4.79 Å². The van der Waals surface area contributed by atoms with Crippen molar-refractivity contribution in [2.75, 3.05) is 0 Å². The fourth-order valence-electron chi connectivity index (χ4n) is 0.447. The number of aromatic nitrogens is 2. The summed E-state index contributed by atoms with van der Waals surface area (Å²) in [6, 6.07) is 1.83. The van der Waals surface area contributed by atoms with Gasteiger partial charge >= 0.3 is 0 Å². The molecule has 0 aromatic carbocycles. The lowest BCUT2D eigenvalue weighted by atomic mass is 10.8. The molecule has 0 aliphatic carbocycles. The van der Waals surface area contributed by atoms with Gasteiger partial charge in [-0.2, -0.15) is 15.0 Å². The topological polar surface area (TPSA) is 30.2 Å². The molecule has 0 saturated heterocycles. The highest BCUT2D eigenvalue weighted by Gasteiger charge is 1.76. The molecule has 0 atom stereocenters. The van der Waals surface area contributed by atoms with Crippen molar-refractivity contribution in [3.8, 4) is 0 Å². The largest absolute Gasteiger partial charge is 0.164 e.